The van der Waals surface area contributed by atoms with Crippen molar-refractivity contribution in [2.75, 3.05) is 24.2 Å². The van der Waals surface area contributed by atoms with E-state index in [1.54, 1.807) is 0 Å². The summed E-state index contributed by atoms with van der Waals surface area (Å²) in [6.07, 6.45) is 6.35. The number of primary amides is 1. The summed E-state index contributed by atoms with van der Waals surface area (Å²) in [4.78, 5) is 27.4. The predicted molar refractivity (Wildman–Crippen MR) is 104 cm³/mol. The van der Waals surface area contributed by atoms with Crippen LogP contribution in [0.1, 0.15) is 46.5 Å². The number of thiophene rings is 1. The Balaban J connectivity index is 1.62. The number of thioether (sulfide) groups is 1. The minimum Gasteiger partial charge on any atom is -0.365 e. The Morgan fingerprint density at radius 1 is 1.21 bits per heavy atom. The molecule has 2 heterocycles. The van der Waals surface area contributed by atoms with Gasteiger partial charge in [-0.15, -0.1) is 11.3 Å². The van der Waals surface area contributed by atoms with E-state index in [9.17, 15) is 9.59 Å². The van der Waals surface area contributed by atoms with Crippen molar-refractivity contribution in [3.8, 4) is 0 Å². The summed E-state index contributed by atoms with van der Waals surface area (Å²) in [6, 6.07) is 0. The Bertz CT molecular complexity index is 666. The number of rotatable bonds is 4. The predicted octanol–water partition coefficient (Wildman–Crippen LogP) is 2.78. The normalized spacial score (nSPS) is 16.8. The highest BCUT2D eigenvalue weighted by Crippen LogP contribution is 2.37. The van der Waals surface area contributed by atoms with Gasteiger partial charge in [-0.25, -0.2) is 0 Å². The van der Waals surface area contributed by atoms with Crippen LogP contribution in [0.5, 0.6) is 0 Å². The lowest BCUT2D eigenvalue weighted by molar-refractivity contribution is -0.113. The second-order valence-electron chi connectivity index (χ2n) is 6.08. The first kappa shape index (κ1) is 17.7. The average molecular weight is 384 g/mol. The van der Waals surface area contributed by atoms with Gasteiger partial charge in [-0.2, -0.15) is 0 Å². The minimum absolute atomic E-state index is 0.136. The van der Waals surface area contributed by atoms with Crippen LogP contribution in [0.25, 0.3) is 0 Å². The van der Waals surface area contributed by atoms with Gasteiger partial charge in [0.2, 0.25) is 5.91 Å². The molecule has 5 nitrogen and oxygen atoms in total. The summed E-state index contributed by atoms with van der Waals surface area (Å²) < 4.78 is 0.781. The van der Waals surface area contributed by atoms with E-state index in [1.807, 2.05) is 0 Å². The highest BCUT2D eigenvalue weighted by molar-refractivity contribution is 8.23. The first-order valence-electron chi connectivity index (χ1n) is 8.22. The lowest BCUT2D eigenvalue weighted by Crippen LogP contribution is -2.25. The van der Waals surface area contributed by atoms with Crippen molar-refractivity contribution in [3.63, 3.8) is 0 Å². The zero-order chi connectivity index (χ0) is 17.1. The van der Waals surface area contributed by atoms with Crippen molar-refractivity contribution >= 4 is 56.5 Å². The maximum Gasteiger partial charge on any atom is 0.251 e. The van der Waals surface area contributed by atoms with Gasteiger partial charge in [0, 0.05) is 18.0 Å². The monoisotopic (exact) mass is 383 g/mol. The summed E-state index contributed by atoms with van der Waals surface area (Å²) in [7, 11) is 0. The fraction of sp³-hybridized carbons (Fsp3) is 0.562. The minimum atomic E-state index is -0.454. The third-order valence-corrected chi connectivity index (χ3v) is 7.09. The van der Waals surface area contributed by atoms with E-state index in [-0.39, 0.29) is 11.7 Å². The smallest absolute Gasteiger partial charge is 0.251 e. The van der Waals surface area contributed by atoms with E-state index in [2.05, 4.69) is 10.2 Å². The van der Waals surface area contributed by atoms with Crippen molar-refractivity contribution < 1.29 is 9.59 Å². The standard InChI is InChI=1S/C16H21N3O2S3/c17-14(21)13-10-5-1-2-6-11(10)24-15(13)18-12(20)9-23-16(22)19-7-3-4-8-19/h1-9H2,(H2,17,21)(H,18,20). The zero-order valence-corrected chi connectivity index (χ0v) is 15.9. The number of fused-ring (bicyclic) bond motifs is 1. The molecule has 0 atom stereocenters. The van der Waals surface area contributed by atoms with E-state index in [0.717, 1.165) is 61.5 Å². The number of nitrogens with zero attached hydrogens (tertiary/aromatic N) is 1. The second kappa shape index (κ2) is 7.84. The number of carbonyl (C=O) groups excluding carboxylic acids is 2. The van der Waals surface area contributed by atoms with Crippen LogP contribution in [0.15, 0.2) is 0 Å². The summed E-state index contributed by atoms with van der Waals surface area (Å²) in [5.41, 5.74) is 7.09. The van der Waals surface area contributed by atoms with E-state index in [0.29, 0.717) is 10.6 Å². The molecule has 0 spiro atoms. The summed E-state index contributed by atoms with van der Waals surface area (Å²) in [5.74, 6) is -0.330. The van der Waals surface area contributed by atoms with Crippen LogP contribution in [0.3, 0.4) is 0 Å². The Morgan fingerprint density at radius 3 is 2.62 bits per heavy atom. The number of carbonyl (C=O) groups is 2. The fourth-order valence-corrected chi connectivity index (χ4v) is 5.56. The van der Waals surface area contributed by atoms with Crippen LogP contribution >= 0.6 is 35.3 Å². The van der Waals surface area contributed by atoms with Crippen LogP contribution in [-0.4, -0.2) is 39.9 Å². The van der Waals surface area contributed by atoms with E-state index < -0.39 is 5.91 Å². The van der Waals surface area contributed by atoms with Crippen molar-refractivity contribution in [2.45, 2.75) is 38.5 Å². The van der Waals surface area contributed by atoms with Crippen LogP contribution in [0, 0.1) is 0 Å². The molecule has 130 valence electrons. The molecule has 1 saturated heterocycles. The number of amides is 2. The Labute approximate surface area is 155 Å². The van der Waals surface area contributed by atoms with Crippen LogP contribution in [0.4, 0.5) is 5.00 Å². The first-order chi connectivity index (χ1) is 11.6. The number of likely N-dealkylation sites (tertiary alicyclic amines) is 1. The Hall–Kier alpha value is -1.12. The molecule has 2 amide bonds. The molecule has 1 aliphatic carbocycles. The molecule has 1 aromatic rings. The molecule has 2 aliphatic rings. The molecular formula is C16H21N3O2S3. The van der Waals surface area contributed by atoms with Crippen molar-refractivity contribution in [1.29, 1.82) is 0 Å². The van der Waals surface area contributed by atoms with E-state index >= 15 is 0 Å². The van der Waals surface area contributed by atoms with Crippen molar-refractivity contribution in [3.05, 3.63) is 16.0 Å². The zero-order valence-electron chi connectivity index (χ0n) is 13.4. The maximum atomic E-state index is 12.3. The molecule has 0 unspecified atom stereocenters. The highest BCUT2D eigenvalue weighted by atomic mass is 32.2. The fourth-order valence-electron chi connectivity index (χ4n) is 3.20. The van der Waals surface area contributed by atoms with Crippen LogP contribution in [-0.2, 0) is 17.6 Å². The number of nitrogens with one attached hydrogen (secondary N) is 1. The number of anilines is 1. The Kier molecular flexibility index (Phi) is 5.78. The topological polar surface area (TPSA) is 75.4 Å². The molecule has 0 radical (unpaired) electrons. The summed E-state index contributed by atoms with van der Waals surface area (Å²) >= 11 is 8.25. The van der Waals surface area contributed by atoms with Gasteiger partial charge in [-0.3, -0.25) is 9.59 Å². The lowest BCUT2D eigenvalue weighted by atomic mass is 9.95. The number of hydrogen-bond donors (Lipinski definition) is 2. The highest BCUT2D eigenvalue weighted by Gasteiger charge is 2.25. The van der Waals surface area contributed by atoms with Gasteiger partial charge in [0.1, 0.15) is 9.32 Å². The summed E-state index contributed by atoms with van der Waals surface area (Å²) in [6.45, 7) is 1.97. The summed E-state index contributed by atoms with van der Waals surface area (Å²) in [5, 5.41) is 3.48. The first-order valence-corrected chi connectivity index (χ1v) is 10.4. The van der Waals surface area contributed by atoms with Gasteiger partial charge in [-0.1, -0.05) is 24.0 Å². The number of hydrogen-bond acceptors (Lipinski definition) is 5. The van der Waals surface area contributed by atoms with Crippen LogP contribution < -0.4 is 11.1 Å². The van der Waals surface area contributed by atoms with Gasteiger partial charge >= 0.3 is 0 Å². The average Bonchev–Trinajstić information content (AvgIpc) is 3.19. The quantitative estimate of drug-likeness (QED) is 0.782. The number of aryl methyl sites for hydroxylation is 1. The largest absolute Gasteiger partial charge is 0.365 e. The molecule has 0 saturated carbocycles. The van der Waals surface area contributed by atoms with E-state index in [4.69, 9.17) is 18.0 Å². The number of thiocarbonyl (C=S) groups is 1. The van der Waals surface area contributed by atoms with Gasteiger partial charge in [0.05, 0.1) is 11.3 Å². The van der Waals surface area contributed by atoms with Gasteiger partial charge in [-0.05, 0) is 44.1 Å². The van der Waals surface area contributed by atoms with Crippen LogP contribution in [0.2, 0.25) is 0 Å². The third kappa shape index (κ3) is 3.92. The molecule has 3 N–H and O–H groups in total. The van der Waals surface area contributed by atoms with Gasteiger partial charge < -0.3 is 16.0 Å². The molecule has 0 aromatic carbocycles. The van der Waals surface area contributed by atoms with E-state index in [1.165, 1.54) is 28.0 Å². The molecule has 1 aliphatic heterocycles. The second-order valence-corrected chi connectivity index (χ2v) is 8.79. The number of nitrogens with two attached hydrogens (primary N) is 1. The molecule has 0 bridgehead atoms. The van der Waals surface area contributed by atoms with Gasteiger partial charge in [0.15, 0.2) is 0 Å². The molecule has 3 rings (SSSR count). The van der Waals surface area contributed by atoms with Crippen molar-refractivity contribution in [2.24, 2.45) is 5.73 Å². The van der Waals surface area contributed by atoms with Crippen molar-refractivity contribution in [1.82, 2.24) is 4.90 Å². The SMILES string of the molecule is NC(=O)c1c(NC(=O)CSC(=S)N2CCCC2)sc2c1CCCC2. The molecule has 8 heteroatoms. The molecule has 24 heavy (non-hydrogen) atoms. The lowest BCUT2D eigenvalue weighted by Gasteiger charge is -2.17. The molecular weight excluding hydrogens is 362 g/mol. The van der Waals surface area contributed by atoms with Gasteiger partial charge in [0.25, 0.3) is 5.91 Å². The molecule has 1 aromatic heterocycles. The Morgan fingerprint density at radius 2 is 1.92 bits per heavy atom. The third-order valence-electron chi connectivity index (χ3n) is 4.36. The molecule has 1 fully saturated rings. The maximum absolute atomic E-state index is 12.3.